The first kappa shape index (κ1) is 11.4. The Bertz CT molecular complexity index is 339. The van der Waals surface area contributed by atoms with Crippen molar-refractivity contribution in [2.75, 3.05) is 26.0 Å². The summed E-state index contributed by atoms with van der Waals surface area (Å²) in [4.78, 5) is 6.73. The Labute approximate surface area is 96.4 Å². The van der Waals surface area contributed by atoms with Crippen LogP contribution in [-0.2, 0) is 11.3 Å². The number of aromatic nitrogens is 1. The Morgan fingerprint density at radius 1 is 1.56 bits per heavy atom. The fourth-order valence-corrected chi connectivity index (χ4v) is 1.81. The molecule has 0 aromatic carbocycles. The summed E-state index contributed by atoms with van der Waals surface area (Å²) in [6, 6.07) is 4.48. The van der Waals surface area contributed by atoms with Gasteiger partial charge in [-0.1, -0.05) is 0 Å². The predicted molar refractivity (Wildman–Crippen MR) is 64.0 cm³/mol. The minimum absolute atomic E-state index is 0.705. The maximum Gasteiger partial charge on any atom is 0.0772 e. The molecule has 4 heteroatoms. The second kappa shape index (κ2) is 5.27. The van der Waals surface area contributed by atoms with Gasteiger partial charge < -0.3 is 10.5 Å². The molecule has 0 radical (unpaired) electrons. The van der Waals surface area contributed by atoms with Crippen LogP contribution in [0.5, 0.6) is 0 Å². The molecule has 0 saturated heterocycles. The minimum atomic E-state index is 0.705. The van der Waals surface area contributed by atoms with E-state index in [1.807, 2.05) is 12.1 Å². The number of anilines is 1. The fraction of sp³-hybridized carbons (Fsp3) is 0.583. The predicted octanol–water partition coefficient (Wildman–Crippen LogP) is 1.27. The number of nitrogens with two attached hydrogens (primary N) is 1. The van der Waals surface area contributed by atoms with Crippen LogP contribution in [0.3, 0.4) is 0 Å². The minimum Gasteiger partial charge on any atom is -0.397 e. The van der Waals surface area contributed by atoms with Crippen molar-refractivity contribution in [1.82, 2.24) is 9.88 Å². The average Bonchev–Trinajstić information content (AvgIpc) is 3.10. The molecule has 0 amide bonds. The Hall–Kier alpha value is -1.13. The van der Waals surface area contributed by atoms with Crippen molar-refractivity contribution < 1.29 is 4.74 Å². The van der Waals surface area contributed by atoms with Crippen molar-refractivity contribution in [1.29, 1.82) is 0 Å². The highest BCUT2D eigenvalue weighted by atomic mass is 16.5. The van der Waals surface area contributed by atoms with Crippen LogP contribution in [0, 0.1) is 0 Å². The molecule has 0 spiro atoms. The normalized spacial score (nSPS) is 15.6. The third-order valence-electron chi connectivity index (χ3n) is 2.92. The molecule has 1 fully saturated rings. The average molecular weight is 221 g/mol. The first-order valence-corrected chi connectivity index (χ1v) is 5.73. The van der Waals surface area contributed by atoms with Gasteiger partial charge >= 0.3 is 0 Å². The molecule has 16 heavy (non-hydrogen) atoms. The van der Waals surface area contributed by atoms with Gasteiger partial charge in [0.15, 0.2) is 0 Å². The molecule has 1 aliphatic rings. The molecule has 0 unspecified atom stereocenters. The van der Waals surface area contributed by atoms with E-state index in [0.29, 0.717) is 6.04 Å². The van der Waals surface area contributed by atoms with E-state index in [2.05, 4.69) is 9.88 Å². The van der Waals surface area contributed by atoms with E-state index >= 15 is 0 Å². The van der Waals surface area contributed by atoms with Crippen molar-refractivity contribution in [3.8, 4) is 0 Å². The van der Waals surface area contributed by atoms with E-state index in [0.717, 1.165) is 31.1 Å². The molecule has 2 rings (SSSR count). The lowest BCUT2D eigenvalue weighted by atomic mass is 10.2. The summed E-state index contributed by atoms with van der Waals surface area (Å²) in [6.45, 7) is 2.56. The molecule has 0 atom stereocenters. The topological polar surface area (TPSA) is 51.4 Å². The first-order valence-electron chi connectivity index (χ1n) is 5.73. The van der Waals surface area contributed by atoms with Crippen LogP contribution in [0.4, 0.5) is 5.69 Å². The highest BCUT2D eigenvalue weighted by molar-refractivity contribution is 5.41. The monoisotopic (exact) mass is 221 g/mol. The van der Waals surface area contributed by atoms with Crippen molar-refractivity contribution >= 4 is 5.69 Å². The summed E-state index contributed by atoms with van der Waals surface area (Å²) < 4.78 is 5.12. The maximum absolute atomic E-state index is 5.90. The molecule has 0 aliphatic heterocycles. The van der Waals surface area contributed by atoms with Gasteiger partial charge in [-0.25, -0.2) is 0 Å². The van der Waals surface area contributed by atoms with E-state index in [1.54, 1.807) is 13.3 Å². The van der Waals surface area contributed by atoms with E-state index in [1.165, 1.54) is 12.8 Å². The Morgan fingerprint density at radius 2 is 2.38 bits per heavy atom. The molecule has 0 bridgehead atoms. The van der Waals surface area contributed by atoms with Crippen molar-refractivity contribution in [3.63, 3.8) is 0 Å². The number of methoxy groups -OCH3 is 1. The second-order valence-electron chi connectivity index (χ2n) is 4.23. The Balaban J connectivity index is 1.97. The quantitative estimate of drug-likeness (QED) is 0.786. The number of ether oxygens (including phenoxy) is 1. The third kappa shape index (κ3) is 2.93. The zero-order valence-electron chi connectivity index (χ0n) is 9.72. The Kier molecular flexibility index (Phi) is 3.74. The summed E-state index contributed by atoms with van der Waals surface area (Å²) in [5.41, 5.74) is 7.66. The van der Waals surface area contributed by atoms with Crippen LogP contribution in [0.15, 0.2) is 18.3 Å². The molecular formula is C12H19N3O. The summed E-state index contributed by atoms with van der Waals surface area (Å²) in [5, 5.41) is 0. The van der Waals surface area contributed by atoms with E-state index in [-0.39, 0.29) is 0 Å². The zero-order valence-corrected chi connectivity index (χ0v) is 9.72. The number of nitrogens with zero attached hydrogens (tertiary/aromatic N) is 2. The summed E-state index contributed by atoms with van der Waals surface area (Å²) in [7, 11) is 1.74. The molecule has 1 heterocycles. The van der Waals surface area contributed by atoms with Crippen LogP contribution in [-0.4, -0.2) is 36.2 Å². The summed E-state index contributed by atoms with van der Waals surface area (Å²) in [6.07, 6.45) is 4.37. The van der Waals surface area contributed by atoms with Crippen molar-refractivity contribution in [3.05, 3.63) is 24.0 Å². The van der Waals surface area contributed by atoms with Gasteiger partial charge in [-0.3, -0.25) is 9.88 Å². The molecule has 1 aliphatic carbocycles. The lowest BCUT2D eigenvalue weighted by Crippen LogP contribution is -2.29. The van der Waals surface area contributed by atoms with E-state index < -0.39 is 0 Å². The first-order chi connectivity index (χ1) is 7.81. The lowest BCUT2D eigenvalue weighted by molar-refractivity contribution is 0.139. The number of hydrogen-bond donors (Lipinski definition) is 1. The van der Waals surface area contributed by atoms with Gasteiger partial charge in [0, 0.05) is 32.4 Å². The van der Waals surface area contributed by atoms with Gasteiger partial charge in [-0.2, -0.15) is 0 Å². The third-order valence-corrected chi connectivity index (χ3v) is 2.92. The standard InChI is InChI=1S/C12H19N3O/c1-16-8-7-15(10-4-5-10)9-12-11(13)3-2-6-14-12/h2-3,6,10H,4-5,7-9,13H2,1H3. The van der Waals surface area contributed by atoms with Crippen LogP contribution in [0.25, 0.3) is 0 Å². The van der Waals surface area contributed by atoms with Gasteiger partial charge in [0.1, 0.15) is 0 Å². The van der Waals surface area contributed by atoms with E-state index in [9.17, 15) is 0 Å². The maximum atomic E-state index is 5.90. The van der Waals surface area contributed by atoms with Crippen LogP contribution in [0.1, 0.15) is 18.5 Å². The number of pyridine rings is 1. The zero-order chi connectivity index (χ0) is 11.4. The van der Waals surface area contributed by atoms with Gasteiger partial charge in [0.05, 0.1) is 18.0 Å². The largest absolute Gasteiger partial charge is 0.397 e. The summed E-state index contributed by atoms with van der Waals surface area (Å²) in [5.74, 6) is 0. The highest BCUT2D eigenvalue weighted by Crippen LogP contribution is 2.28. The number of nitrogen functional groups attached to an aromatic ring is 1. The molecule has 4 nitrogen and oxygen atoms in total. The molecule has 88 valence electrons. The van der Waals surface area contributed by atoms with Gasteiger partial charge in [0.25, 0.3) is 0 Å². The van der Waals surface area contributed by atoms with E-state index in [4.69, 9.17) is 10.5 Å². The lowest BCUT2D eigenvalue weighted by Gasteiger charge is -2.21. The summed E-state index contributed by atoms with van der Waals surface area (Å²) >= 11 is 0. The van der Waals surface area contributed by atoms with Gasteiger partial charge in [0.2, 0.25) is 0 Å². The molecule has 1 aromatic heterocycles. The molecule has 2 N–H and O–H groups in total. The smallest absolute Gasteiger partial charge is 0.0772 e. The second-order valence-corrected chi connectivity index (χ2v) is 4.23. The SMILES string of the molecule is COCCN(Cc1ncccc1N)C1CC1. The Morgan fingerprint density at radius 3 is 3.00 bits per heavy atom. The number of hydrogen-bond acceptors (Lipinski definition) is 4. The van der Waals surface area contributed by atoms with Crippen molar-refractivity contribution in [2.24, 2.45) is 0 Å². The number of rotatable bonds is 6. The van der Waals surface area contributed by atoms with Crippen LogP contribution < -0.4 is 5.73 Å². The highest BCUT2D eigenvalue weighted by Gasteiger charge is 2.29. The molecule has 1 aromatic rings. The van der Waals surface area contributed by atoms with Gasteiger partial charge in [-0.15, -0.1) is 0 Å². The van der Waals surface area contributed by atoms with Crippen LogP contribution in [0.2, 0.25) is 0 Å². The molecule has 1 saturated carbocycles. The van der Waals surface area contributed by atoms with Crippen LogP contribution >= 0.6 is 0 Å². The van der Waals surface area contributed by atoms with Gasteiger partial charge in [-0.05, 0) is 25.0 Å². The fourth-order valence-electron chi connectivity index (χ4n) is 1.81. The van der Waals surface area contributed by atoms with Crippen molar-refractivity contribution in [2.45, 2.75) is 25.4 Å². The molecular weight excluding hydrogens is 202 g/mol.